The van der Waals surface area contributed by atoms with Gasteiger partial charge in [0.1, 0.15) is 5.75 Å². The molecule has 6 nitrogen and oxygen atoms in total. The Morgan fingerprint density at radius 1 is 0.903 bits per heavy atom. The minimum absolute atomic E-state index is 0.164. The number of nitrogens with one attached hydrogen (secondary N) is 1. The summed E-state index contributed by atoms with van der Waals surface area (Å²) >= 11 is 0. The molecule has 3 aromatic rings. The molecule has 0 heterocycles. The Balaban J connectivity index is 1.65. The van der Waals surface area contributed by atoms with Crippen molar-refractivity contribution in [2.24, 2.45) is 0 Å². The fourth-order valence-electron chi connectivity index (χ4n) is 2.99. The molecule has 1 amide bonds. The molecular formula is C24H26N2O4S. The summed E-state index contributed by atoms with van der Waals surface area (Å²) in [6, 6.07) is 23.7. The average Bonchev–Trinajstić information content (AvgIpc) is 2.78. The lowest BCUT2D eigenvalue weighted by Gasteiger charge is -2.18. The number of rotatable bonds is 8. The molecular weight excluding hydrogens is 412 g/mol. The van der Waals surface area contributed by atoms with Gasteiger partial charge in [0.25, 0.3) is 5.91 Å². The van der Waals surface area contributed by atoms with Gasteiger partial charge in [-0.3, -0.25) is 4.79 Å². The van der Waals surface area contributed by atoms with Crippen LogP contribution in [0.15, 0.2) is 83.8 Å². The van der Waals surface area contributed by atoms with Crippen molar-refractivity contribution in [2.75, 3.05) is 19.4 Å². The number of benzene rings is 3. The van der Waals surface area contributed by atoms with Gasteiger partial charge in [-0.1, -0.05) is 49.4 Å². The lowest BCUT2D eigenvalue weighted by atomic mass is 10.1. The van der Waals surface area contributed by atoms with Crippen LogP contribution in [0.2, 0.25) is 0 Å². The third-order valence-corrected chi connectivity index (χ3v) is 6.63. The van der Waals surface area contributed by atoms with Crippen molar-refractivity contribution >= 4 is 21.6 Å². The molecule has 31 heavy (non-hydrogen) atoms. The van der Waals surface area contributed by atoms with Gasteiger partial charge in [-0.2, -0.15) is 0 Å². The second-order valence-electron chi connectivity index (χ2n) is 7.21. The van der Waals surface area contributed by atoms with Crippen LogP contribution in [0.5, 0.6) is 5.75 Å². The summed E-state index contributed by atoms with van der Waals surface area (Å²) < 4.78 is 31.3. The van der Waals surface area contributed by atoms with Crippen LogP contribution < -0.4 is 10.1 Å². The Labute approximate surface area is 183 Å². The average molecular weight is 439 g/mol. The summed E-state index contributed by atoms with van der Waals surface area (Å²) in [7, 11) is -0.566. The van der Waals surface area contributed by atoms with E-state index in [1.807, 2.05) is 61.5 Å². The zero-order chi connectivity index (χ0) is 22.4. The van der Waals surface area contributed by atoms with Crippen LogP contribution >= 0.6 is 0 Å². The highest BCUT2D eigenvalue weighted by atomic mass is 32.2. The smallest absolute Gasteiger partial charge is 0.265 e. The predicted molar refractivity (Wildman–Crippen MR) is 123 cm³/mol. The first-order valence-electron chi connectivity index (χ1n) is 9.97. The van der Waals surface area contributed by atoms with Crippen molar-refractivity contribution < 1.29 is 17.9 Å². The number of hydrogen-bond acceptors (Lipinski definition) is 4. The first-order valence-corrected chi connectivity index (χ1v) is 11.4. The third-order valence-electron chi connectivity index (χ3n) is 4.80. The molecule has 0 bridgehead atoms. The van der Waals surface area contributed by atoms with Crippen LogP contribution in [-0.2, 0) is 14.8 Å². The molecule has 1 atom stereocenters. The van der Waals surface area contributed by atoms with Crippen molar-refractivity contribution in [2.45, 2.75) is 24.3 Å². The summed E-state index contributed by atoms with van der Waals surface area (Å²) in [5, 5.41) is 2.79. The Bertz CT molecular complexity index is 1110. The van der Waals surface area contributed by atoms with Crippen molar-refractivity contribution in [3.63, 3.8) is 0 Å². The van der Waals surface area contributed by atoms with E-state index in [1.54, 1.807) is 12.1 Å². The second-order valence-corrected chi connectivity index (χ2v) is 9.36. The highest BCUT2D eigenvalue weighted by molar-refractivity contribution is 7.89. The fourth-order valence-corrected chi connectivity index (χ4v) is 3.89. The largest absolute Gasteiger partial charge is 0.481 e. The summed E-state index contributed by atoms with van der Waals surface area (Å²) in [4.78, 5) is 12.8. The molecule has 1 N–H and O–H groups in total. The van der Waals surface area contributed by atoms with Crippen LogP contribution in [0, 0.1) is 0 Å². The van der Waals surface area contributed by atoms with E-state index in [0.29, 0.717) is 17.9 Å². The molecule has 0 aromatic heterocycles. The number of anilines is 1. The van der Waals surface area contributed by atoms with E-state index >= 15 is 0 Å². The molecule has 0 aliphatic rings. The molecule has 0 aliphatic heterocycles. The van der Waals surface area contributed by atoms with Crippen LogP contribution in [0.1, 0.15) is 13.3 Å². The standard InChI is InChI=1S/C24H26N2O4S/c1-4-23(30-21-14-10-19(11-15-21)18-8-6-5-7-9-18)24(27)25-20-12-16-22(17-13-20)31(28,29)26(2)3/h5-17,23H,4H2,1-3H3,(H,25,27). The maximum atomic E-state index is 12.7. The number of carbonyl (C=O) groups is 1. The number of hydrogen-bond donors (Lipinski definition) is 1. The van der Waals surface area contributed by atoms with Crippen molar-refractivity contribution in [3.8, 4) is 16.9 Å². The summed E-state index contributed by atoms with van der Waals surface area (Å²) in [6.45, 7) is 1.87. The quantitative estimate of drug-likeness (QED) is 0.566. The van der Waals surface area contributed by atoms with E-state index in [4.69, 9.17) is 4.74 Å². The van der Waals surface area contributed by atoms with Gasteiger partial charge in [0.15, 0.2) is 6.10 Å². The monoisotopic (exact) mass is 438 g/mol. The predicted octanol–water partition coefficient (Wildman–Crippen LogP) is 4.40. The molecule has 7 heteroatoms. The van der Waals surface area contributed by atoms with E-state index < -0.39 is 16.1 Å². The zero-order valence-electron chi connectivity index (χ0n) is 17.8. The second kappa shape index (κ2) is 9.76. The number of nitrogens with zero attached hydrogens (tertiary/aromatic N) is 1. The Morgan fingerprint density at radius 2 is 1.48 bits per heavy atom. The normalized spacial score (nSPS) is 12.4. The van der Waals surface area contributed by atoms with Gasteiger partial charge in [-0.15, -0.1) is 0 Å². The highest BCUT2D eigenvalue weighted by Gasteiger charge is 2.20. The molecule has 0 aliphatic carbocycles. The molecule has 0 saturated carbocycles. The zero-order valence-corrected chi connectivity index (χ0v) is 18.6. The maximum absolute atomic E-state index is 12.7. The van der Waals surface area contributed by atoms with Crippen LogP contribution in [0.4, 0.5) is 5.69 Å². The number of ether oxygens (including phenoxy) is 1. The summed E-state index contributed by atoms with van der Waals surface area (Å²) in [6.07, 6.45) is -0.188. The van der Waals surface area contributed by atoms with E-state index in [9.17, 15) is 13.2 Å². The minimum atomic E-state index is -3.51. The first-order chi connectivity index (χ1) is 14.8. The lowest BCUT2D eigenvalue weighted by molar-refractivity contribution is -0.122. The summed E-state index contributed by atoms with van der Waals surface area (Å²) in [5.41, 5.74) is 2.68. The number of sulfonamides is 1. The number of amides is 1. The van der Waals surface area contributed by atoms with Gasteiger partial charge < -0.3 is 10.1 Å². The molecule has 162 valence electrons. The van der Waals surface area contributed by atoms with Gasteiger partial charge in [0, 0.05) is 19.8 Å². The lowest BCUT2D eigenvalue weighted by Crippen LogP contribution is -2.32. The van der Waals surface area contributed by atoms with E-state index in [0.717, 1.165) is 15.4 Å². The first kappa shape index (κ1) is 22.5. The van der Waals surface area contributed by atoms with Gasteiger partial charge in [-0.05, 0) is 53.9 Å². The Morgan fingerprint density at radius 3 is 2.03 bits per heavy atom. The SMILES string of the molecule is CCC(Oc1ccc(-c2ccccc2)cc1)C(=O)Nc1ccc(S(=O)(=O)N(C)C)cc1. The van der Waals surface area contributed by atoms with E-state index in [1.165, 1.54) is 26.2 Å². The van der Waals surface area contributed by atoms with Crippen molar-refractivity contribution in [1.82, 2.24) is 4.31 Å². The maximum Gasteiger partial charge on any atom is 0.265 e. The molecule has 0 radical (unpaired) electrons. The molecule has 3 aromatic carbocycles. The van der Waals surface area contributed by atoms with Crippen LogP contribution in [0.3, 0.4) is 0 Å². The van der Waals surface area contributed by atoms with Gasteiger partial charge in [0.2, 0.25) is 10.0 Å². The Kier molecular flexibility index (Phi) is 7.09. The van der Waals surface area contributed by atoms with Gasteiger partial charge in [0.05, 0.1) is 4.90 Å². The van der Waals surface area contributed by atoms with E-state index in [2.05, 4.69) is 5.32 Å². The topological polar surface area (TPSA) is 75.7 Å². The third kappa shape index (κ3) is 5.51. The minimum Gasteiger partial charge on any atom is -0.481 e. The van der Waals surface area contributed by atoms with Gasteiger partial charge in [-0.25, -0.2) is 12.7 Å². The van der Waals surface area contributed by atoms with Gasteiger partial charge >= 0.3 is 0 Å². The molecule has 0 fully saturated rings. The number of carbonyl (C=O) groups excluding carboxylic acids is 1. The Hall–Kier alpha value is -3.16. The van der Waals surface area contributed by atoms with Crippen molar-refractivity contribution in [1.29, 1.82) is 0 Å². The summed E-state index contributed by atoms with van der Waals surface area (Å²) in [5.74, 6) is 0.312. The van der Waals surface area contributed by atoms with E-state index in [-0.39, 0.29) is 10.8 Å². The molecule has 0 spiro atoms. The van der Waals surface area contributed by atoms with Crippen LogP contribution in [-0.4, -0.2) is 38.8 Å². The molecule has 3 rings (SSSR count). The fraction of sp³-hybridized carbons (Fsp3) is 0.208. The van der Waals surface area contributed by atoms with Crippen molar-refractivity contribution in [3.05, 3.63) is 78.9 Å². The molecule has 1 unspecified atom stereocenters. The highest BCUT2D eigenvalue weighted by Crippen LogP contribution is 2.23. The molecule has 0 saturated heterocycles. The van der Waals surface area contributed by atoms with Crippen LogP contribution in [0.25, 0.3) is 11.1 Å².